The van der Waals surface area contributed by atoms with Gasteiger partial charge in [-0.25, -0.2) is 0 Å². The predicted molar refractivity (Wildman–Crippen MR) is 131 cm³/mol. The lowest BCUT2D eigenvalue weighted by molar-refractivity contribution is -0.153. The maximum absolute atomic E-state index is 13.5. The molecule has 0 radical (unpaired) electrons. The molecule has 0 unspecified atom stereocenters. The molecular weight excluding hydrogens is 504 g/mol. The Morgan fingerprint density at radius 3 is 2.50 bits per heavy atom. The van der Waals surface area contributed by atoms with Crippen molar-refractivity contribution in [1.29, 1.82) is 0 Å². The molecule has 2 aliphatic heterocycles. The first-order valence-electron chi connectivity index (χ1n) is 12.0. The van der Waals surface area contributed by atoms with Crippen LogP contribution in [0.2, 0.25) is 0 Å². The summed E-state index contributed by atoms with van der Waals surface area (Å²) >= 11 is 2.83. The van der Waals surface area contributed by atoms with Crippen molar-refractivity contribution >= 4 is 40.9 Å². The first-order valence-corrected chi connectivity index (χ1v) is 13.7. The molecule has 36 heavy (non-hydrogen) atoms. The zero-order valence-corrected chi connectivity index (χ0v) is 21.6. The third kappa shape index (κ3) is 3.28. The molecule has 0 spiro atoms. The highest BCUT2D eigenvalue weighted by molar-refractivity contribution is 8.00. The zero-order chi connectivity index (χ0) is 25.3. The molecule has 4 aliphatic rings. The highest BCUT2D eigenvalue weighted by atomic mass is 32.2. The van der Waals surface area contributed by atoms with E-state index >= 15 is 0 Å². The second-order valence-electron chi connectivity index (χ2n) is 9.64. The van der Waals surface area contributed by atoms with Crippen LogP contribution in [0.3, 0.4) is 0 Å². The number of carbonyl (C=O) groups excluding carboxylic acids is 3. The number of hydrogen-bond donors (Lipinski definition) is 1. The van der Waals surface area contributed by atoms with E-state index in [-0.39, 0.29) is 58.8 Å². The summed E-state index contributed by atoms with van der Waals surface area (Å²) in [7, 11) is 3.17. The Morgan fingerprint density at radius 1 is 1.08 bits per heavy atom. The van der Waals surface area contributed by atoms with E-state index < -0.39 is 17.8 Å². The molecule has 7 atom stereocenters. The summed E-state index contributed by atoms with van der Waals surface area (Å²) in [6, 6.07) is 5.80. The minimum atomic E-state index is -0.568. The van der Waals surface area contributed by atoms with Gasteiger partial charge < -0.3 is 19.2 Å². The molecule has 1 N–H and O–H groups in total. The fourth-order valence-electron chi connectivity index (χ4n) is 6.99. The standard InChI is InChI=1S/C25H26N2O7S2/c1-4-34-15(28)9-27-23(29)18-11-8-12(19(18)24(27)30)20-17(11)16(21-22(35-20)26-25(31)36-21)10-5-6-13(32-2)14(7-10)33-3/h5-7,11-12,16-20H,4,8-9H2,1-3H3,(H,26,31)/t11-,12-,16+,17-,18+,19-,20-/m1/s1. The number of H-pyrrole nitrogens is 1. The number of esters is 1. The van der Waals surface area contributed by atoms with Crippen molar-refractivity contribution in [3.05, 3.63) is 38.3 Å². The number of imide groups is 1. The molecule has 3 heterocycles. The second kappa shape index (κ2) is 8.65. The molecule has 2 bridgehead atoms. The number of rotatable bonds is 6. The number of thioether (sulfide) groups is 1. The van der Waals surface area contributed by atoms with Crippen LogP contribution < -0.4 is 14.3 Å². The molecule has 190 valence electrons. The van der Waals surface area contributed by atoms with Gasteiger partial charge in [-0.2, -0.15) is 0 Å². The molecule has 1 aromatic heterocycles. The molecule has 1 aromatic carbocycles. The fourth-order valence-corrected chi connectivity index (χ4v) is 9.88. The quantitative estimate of drug-likeness (QED) is 0.448. The molecule has 2 aromatic rings. The summed E-state index contributed by atoms with van der Waals surface area (Å²) in [4.78, 5) is 56.3. The van der Waals surface area contributed by atoms with E-state index in [1.165, 1.54) is 11.3 Å². The third-order valence-corrected chi connectivity index (χ3v) is 10.8. The van der Waals surface area contributed by atoms with Gasteiger partial charge in [0.15, 0.2) is 11.5 Å². The van der Waals surface area contributed by atoms with Crippen LogP contribution in [0.15, 0.2) is 28.0 Å². The number of likely N-dealkylation sites (tertiary alicyclic amines) is 1. The number of nitrogens with zero attached hydrogens (tertiary/aromatic N) is 1. The number of benzene rings is 1. The van der Waals surface area contributed by atoms with Crippen molar-refractivity contribution in [2.24, 2.45) is 29.6 Å². The summed E-state index contributed by atoms with van der Waals surface area (Å²) < 4.78 is 16.0. The number of amides is 2. The van der Waals surface area contributed by atoms with E-state index in [2.05, 4.69) is 4.98 Å². The molecule has 6 rings (SSSR count). The summed E-state index contributed by atoms with van der Waals surface area (Å²) in [5.74, 6) is -0.839. The molecule has 3 fully saturated rings. The lowest BCUT2D eigenvalue weighted by Crippen LogP contribution is -2.42. The van der Waals surface area contributed by atoms with Gasteiger partial charge in [0.1, 0.15) is 6.54 Å². The van der Waals surface area contributed by atoms with Crippen LogP contribution in [-0.2, 0) is 19.1 Å². The first kappa shape index (κ1) is 23.6. The van der Waals surface area contributed by atoms with Crippen molar-refractivity contribution in [3.63, 3.8) is 0 Å². The minimum Gasteiger partial charge on any atom is -0.493 e. The van der Waals surface area contributed by atoms with Gasteiger partial charge in [-0.05, 0) is 48.8 Å². The lowest BCUT2D eigenvalue weighted by Gasteiger charge is -2.43. The van der Waals surface area contributed by atoms with Gasteiger partial charge in [-0.3, -0.25) is 24.1 Å². The SMILES string of the molecule is CCOC(=O)CN1C(=O)[C@@H]2[C@H]3C[C@@H]([C@@H]2C1=O)[C@@H]1[C@H](c2ccc(OC)c(OC)c2)c2sc(=O)[nH]c2S[C@H]31. The smallest absolute Gasteiger partial charge is 0.326 e. The van der Waals surface area contributed by atoms with Crippen molar-refractivity contribution in [2.45, 2.75) is 29.5 Å². The van der Waals surface area contributed by atoms with Gasteiger partial charge in [-0.1, -0.05) is 17.4 Å². The molecular formula is C25H26N2O7S2. The maximum atomic E-state index is 13.5. The molecule has 2 aliphatic carbocycles. The number of nitrogens with one attached hydrogen (secondary N) is 1. The normalized spacial score (nSPS) is 31.8. The Labute approximate surface area is 215 Å². The number of methoxy groups -OCH3 is 2. The molecule has 11 heteroatoms. The average Bonchev–Trinajstić information content (AvgIpc) is 3.59. The van der Waals surface area contributed by atoms with E-state index in [1.54, 1.807) is 32.9 Å². The van der Waals surface area contributed by atoms with Crippen molar-refractivity contribution in [1.82, 2.24) is 9.88 Å². The van der Waals surface area contributed by atoms with E-state index in [0.717, 1.165) is 26.8 Å². The summed E-state index contributed by atoms with van der Waals surface area (Å²) in [6.45, 7) is 1.56. The Balaban J connectivity index is 1.41. The first-order chi connectivity index (χ1) is 17.4. The number of aromatic nitrogens is 1. The van der Waals surface area contributed by atoms with E-state index in [4.69, 9.17) is 14.2 Å². The molecule has 2 amide bonds. The summed E-state index contributed by atoms with van der Waals surface area (Å²) in [5, 5.41) is 0.918. The number of hydrogen-bond acceptors (Lipinski definition) is 9. The number of carbonyl (C=O) groups is 3. The van der Waals surface area contributed by atoms with Gasteiger partial charge in [-0.15, -0.1) is 11.8 Å². The van der Waals surface area contributed by atoms with Crippen LogP contribution in [0.5, 0.6) is 11.5 Å². The molecule has 1 saturated heterocycles. The van der Waals surface area contributed by atoms with Crippen molar-refractivity contribution in [3.8, 4) is 11.5 Å². The maximum Gasteiger partial charge on any atom is 0.326 e. The van der Waals surface area contributed by atoms with Gasteiger partial charge in [0.05, 0.1) is 37.7 Å². The lowest BCUT2D eigenvalue weighted by atomic mass is 9.68. The van der Waals surface area contributed by atoms with Crippen LogP contribution in [0.25, 0.3) is 0 Å². The largest absolute Gasteiger partial charge is 0.493 e. The number of ether oxygens (including phenoxy) is 3. The minimum absolute atomic E-state index is 0.00200. The number of fused-ring (bicyclic) bond motifs is 9. The Morgan fingerprint density at radius 2 is 1.81 bits per heavy atom. The zero-order valence-electron chi connectivity index (χ0n) is 20.0. The summed E-state index contributed by atoms with van der Waals surface area (Å²) in [6.07, 6.45) is 0.783. The average molecular weight is 531 g/mol. The van der Waals surface area contributed by atoms with Gasteiger partial charge in [0, 0.05) is 16.0 Å². The van der Waals surface area contributed by atoms with Crippen molar-refractivity contribution < 1.29 is 28.6 Å². The molecule has 9 nitrogen and oxygen atoms in total. The predicted octanol–water partition coefficient (Wildman–Crippen LogP) is 2.49. The van der Waals surface area contributed by atoms with Crippen LogP contribution in [0, 0.1) is 29.6 Å². The molecule has 2 saturated carbocycles. The second-order valence-corrected chi connectivity index (χ2v) is 11.8. The van der Waals surface area contributed by atoms with Gasteiger partial charge in [0.2, 0.25) is 11.8 Å². The van der Waals surface area contributed by atoms with Crippen LogP contribution in [-0.4, -0.2) is 60.3 Å². The van der Waals surface area contributed by atoms with Gasteiger partial charge in [0.25, 0.3) is 0 Å². The van der Waals surface area contributed by atoms with Gasteiger partial charge >= 0.3 is 10.8 Å². The highest BCUT2D eigenvalue weighted by Crippen LogP contribution is 2.68. The van der Waals surface area contributed by atoms with E-state index in [9.17, 15) is 19.2 Å². The van der Waals surface area contributed by atoms with Crippen LogP contribution in [0.1, 0.15) is 29.7 Å². The topological polar surface area (TPSA) is 115 Å². The van der Waals surface area contributed by atoms with Crippen molar-refractivity contribution in [2.75, 3.05) is 27.4 Å². The van der Waals surface area contributed by atoms with E-state index in [0.29, 0.717) is 11.5 Å². The number of thiazole rings is 1. The number of aromatic amines is 1. The Hall–Kier alpha value is -2.79. The van der Waals surface area contributed by atoms with Crippen LogP contribution >= 0.6 is 23.1 Å². The van der Waals surface area contributed by atoms with E-state index in [1.807, 2.05) is 18.2 Å². The summed E-state index contributed by atoms with van der Waals surface area (Å²) in [5.41, 5.74) is 0.990. The third-order valence-electron chi connectivity index (χ3n) is 8.17. The monoisotopic (exact) mass is 530 g/mol. The van der Waals surface area contributed by atoms with Crippen LogP contribution in [0.4, 0.5) is 0 Å². The highest BCUT2D eigenvalue weighted by Gasteiger charge is 2.69. The Bertz CT molecular complexity index is 1320. The Kier molecular flexibility index (Phi) is 5.67. The fraction of sp³-hybridized carbons (Fsp3) is 0.520.